The lowest BCUT2D eigenvalue weighted by molar-refractivity contribution is -0.142. The smallest absolute Gasteiger partial charge is 0.231 e. The molecule has 0 unspecified atom stereocenters. The lowest BCUT2D eigenvalue weighted by Crippen LogP contribution is -2.38. The van der Waals surface area contributed by atoms with Crippen LogP contribution in [0.5, 0.6) is 17.2 Å². The normalized spacial score (nSPS) is 20.6. The van der Waals surface area contributed by atoms with Gasteiger partial charge >= 0.3 is 0 Å². The van der Waals surface area contributed by atoms with Gasteiger partial charge < -0.3 is 14.2 Å². The summed E-state index contributed by atoms with van der Waals surface area (Å²) in [7, 11) is 1.56. The molecule has 6 heteroatoms. The molecule has 1 saturated carbocycles. The number of ketones is 3. The monoisotopic (exact) mass is 394 g/mol. The summed E-state index contributed by atoms with van der Waals surface area (Å²) in [5.41, 5.74) is 1.74. The van der Waals surface area contributed by atoms with Crippen molar-refractivity contribution in [1.29, 1.82) is 0 Å². The van der Waals surface area contributed by atoms with Gasteiger partial charge in [0.2, 0.25) is 6.79 Å². The van der Waals surface area contributed by atoms with E-state index in [1.165, 1.54) is 0 Å². The highest BCUT2D eigenvalue weighted by molar-refractivity contribution is 6.21. The molecule has 0 spiro atoms. The molecule has 0 N–H and O–H groups in total. The van der Waals surface area contributed by atoms with Crippen molar-refractivity contribution in [3.63, 3.8) is 0 Å². The van der Waals surface area contributed by atoms with Crippen LogP contribution < -0.4 is 14.2 Å². The second-order valence-electron chi connectivity index (χ2n) is 7.37. The quantitative estimate of drug-likeness (QED) is 0.700. The fourth-order valence-electron chi connectivity index (χ4n) is 4.06. The van der Waals surface area contributed by atoms with Crippen LogP contribution in [-0.4, -0.2) is 31.3 Å². The van der Waals surface area contributed by atoms with Crippen LogP contribution in [0.4, 0.5) is 0 Å². The Morgan fingerprint density at radius 1 is 1.03 bits per heavy atom. The SMILES string of the molecule is COc1ccccc1C1CC(=O)C(C(=O)CCc2ccc3c(c2)OCO3)C(=O)C1. The molecule has 0 amide bonds. The average Bonchev–Trinajstić information content (AvgIpc) is 3.19. The Hall–Kier alpha value is -3.15. The molecule has 2 aromatic carbocycles. The van der Waals surface area contributed by atoms with Crippen molar-refractivity contribution in [2.45, 2.75) is 31.6 Å². The summed E-state index contributed by atoms with van der Waals surface area (Å²) in [4.78, 5) is 38.0. The second kappa shape index (κ2) is 8.07. The molecule has 1 fully saturated rings. The van der Waals surface area contributed by atoms with Crippen molar-refractivity contribution in [3.05, 3.63) is 53.6 Å². The Morgan fingerprint density at radius 2 is 1.76 bits per heavy atom. The third-order valence-electron chi connectivity index (χ3n) is 5.54. The topological polar surface area (TPSA) is 78.9 Å². The van der Waals surface area contributed by atoms with Gasteiger partial charge in [0.05, 0.1) is 7.11 Å². The molecule has 0 aromatic heterocycles. The van der Waals surface area contributed by atoms with Crippen LogP contribution in [0.3, 0.4) is 0 Å². The minimum absolute atomic E-state index is 0.140. The van der Waals surface area contributed by atoms with E-state index < -0.39 is 5.92 Å². The Labute approximate surface area is 168 Å². The van der Waals surface area contributed by atoms with Gasteiger partial charge in [0.15, 0.2) is 28.8 Å². The first-order valence-corrected chi connectivity index (χ1v) is 9.66. The molecule has 2 aliphatic rings. The Morgan fingerprint density at radius 3 is 2.52 bits per heavy atom. The second-order valence-corrected chi connectivity index (χ2v) is 7.37. The number of fused-ring (bicyclic) bond motifs is 1. The van der Waals surface area contributed by atoms with Crippen molar-refractivity contribution < 1.29 is 28.6 Å². The summed E-state index contributed by atoms with van der Waals surface area (Å²) < 4.78 is 16.0. The molecular formula is C23H22O6. The van der Waals surface area contributed by atoms with Crippen LogP contribution >= 0.6 is 0 Å². The highest BCUT2D eigenvalue weighted by Gasteiger charge is 2.40. The molecule has 0 bridgehead atoms. The van der Waals surface area contributed by atoms with E-state index >= 15 is 0 Å². The number of para-hydroxylation sites is 1. The zero-order valence-electron chi connectivity index (χ0n) is 16.2. The standard InChI is InChI=1S/C23H22O6/c1-27-20-5-3-2-4-16(20)15-11-18(25)23(19(26)12-15)17(24)8-6-14-7-9-21-22(10-14)29-13-28-21/h2-5,7,9-10,15,23H,6,8,11-13H2,1H3. The minimum Gasteiger partial charge on any atom is -0.496 e. The predicted octanol–water partition coefficient (Wildman–Crippen LogP) is 3.26. The van der Waals surface area contributed by atoms with Gasteiger partial charge in [-0.25, -0.2) is 0 Å². The first-order chi connectivity index (χ1) is 14.1. The molecule has 150 valence electrons. The molecule has 0 atom stereocenters. The number of Topliss-reactive ketones (excluding diaryl/α,β-unsaturated/α-hetero) is 3. The number of rotatable bonds is 6. The van der Waals surface area contributed by atoms with Gasteiger partial charge in [-0.1, -0.05) is 24.3 Å². The van der Waals surface area contributed by atoms with Crippen LogP contribution in [0.25, 0.3) is 0 Å². The van der Waals surface area contributed by atoms with Gasteiger partial charge in [0.25, 0.3) is 0 Å². The summed E-state index contributed by atoms with van der Waals surface area (Å²) in [6.45, 7) is 0.191. The summed E-state index contributed by atoms with van der Waals surface area (Å²) in [5, 5.41) is 0. The first-order valence-electron chi connectivity index (χ1n) is 9.66. The minimum atomic E-state index is -1.14. The zero-order valence-corrected chi connectivity index (χ0v) is 16.2. The Balaban J connectivity index is 1.41. The van der Waals surface area contributed by atoms with Gasteiger partial charge in [-0.3, -0.25) is 14.4 Å². The van der Waals surface area contributed by atoms with Crippen LogP contribution in [0, 0.1) is 5.92 Å². The number of carbonyl (C=O) groups excluding carboxylic acids is 3. The maximum absolute atomic E-state index is 12.7. The van der Waals surface area contributed by atoms with E-state index in [0.29, 0.717) is 23.7 Å². The number of methoxy groups -OCH3 is 1. The van der Waals surface area contributed by atoms with E-state index in [1.807, 2.05) is 36.4 Å². The molecule has 6 nitrogen and oxygen atoms in total. The van der Waals surface area contributed by atoms with Gasteiger partial charge in [0.1, 0.15) is 11.7 Å². The summed E-state index contributed by atoms with van der Waals surface area (Å²) in [6.07, 6.45) is 0.933. The number of aryl methyl sites for hydroxylation is 1. The fraction of sp³-hybridized carbons (Fsp3) is 0.348. The first kappa shape index (κ1) is 19.2. The molecule has 2 aromatic rings. The number of benzene rings is 2. The van der Waals surface area contributed by atoms with E-state index in [-0.39, 0.29) is 49.3 Å². The van der Waals surface area contributed by atoms with Crippen molar-refractivity contribution in [2.75, 3.05) is 13.9 Å². The Bertz CT molecular complexity index is 946. The average molecular weight is 394 g/mol. The van der Waals surface area contributed by atoms with Crippen molar-refractivity contribution in [3.8, 4) is 17.2 Å². The van der Waals surface area contributed by atoms with Gasteiger partial charge in [-0.15, -0.1) is 0 Å². The van der Waals surface area contributed by atoms with Gasteiger partial charge in [-0.05, 0) is 35.7 Å². The maximum Gasteiger partial charge on any atom is 0.231 e. The van der Waals surface area contributed by atoms with Crippen LogP contribution in [0.1, 0.15) is 36.3 Å². The molecule has 0 saturated heterocycles. The number of ether oxygens (including phenoxy) is 3. The third-order valence-corrected chi connectivity index (χ3v) is 5.54. The molecular weight excluding hydrogens is 372 g/mol. The van der Waals surface area contributed by atoms with Crippen LogP contribution in [0.2, 0.25) is 0 Å². The van der Waals surface area contributed by atoms with E-state index in [4.69, 9.17) is 14.2 Å². The summed E-state index contributed by atoms with van der Waals surface area (Å²) >= 11 is 0. The summed E-state index contributed by atoms with van der Waals surface area (Å²) in [6, 6.07) is 12.9. The number of carbonyl (C=O) groups is 3. The van der Waals surface area contributed by atoms with Gasteiger partial charge in [-0.2, -0.15) is 0 Å². The Kier molecular flexibility index (Phi) is 5.34. The van der Waals surface area contributed by atoms with Gasteiger partial charge in [0, 0.05) is 25.2 Å². The van der Waals surface area contributed by atoms with Crippen molar-refractivity contribution >= 4 is 17.3 Å². The molecule has 1 aliphatic heterocycles. The molecule has 1 heterocycles. The largest absolute Gasteiger partial charge is 0.496 e. The third kappa shape index (κ3) is 3.88. The lowest BCUT2D eigenvalue weighted by atomic mass is 9.74. The van der Waals surface area contributed by atoms with E-state index in [9.17, 15) is 14.4 Å². The predicted molar refractivity (Wildman–Crippen MR) is 104 cm³/mol. The molecule has 1 aliphatic carbocycles. The van der Waals surface area contributed by atoms with E-state index in [1.54, 1.807) is 13.2 Å². The molecule has 0 radical (unpaired) electrons. The van der Waals surface area contributed by atoms with Crippen molar-refractivity contribution in [1.82, 2.24) is 0 Å². The van der Waals surface area contributed by atoms with E-state index in [0.717, 1.165) is 11.1 Å². The highest BCUT2D eigenvalue weighted by atomic mass is 16.7. The zero-order chi connectivity index (χ0) is 20.4. The highest BCUT2D eigenvalue weighted by Crippen LogP contribution is 2.37. The molecule has 29 heavy (non-hydrogen) atoms. The fourth-order valence-corrected chi connectivity index (χ4v) is 4.06. The summed E-state index contributed by atoms with van der Waals surface area (Å²) in [5.74, 6) is -0.305. The molecule has 4 rings (SSSR count). The van der Waals surface area contributed by atoms with Crippen molar-refractivity contribution in [2.24, 2.45) is 5.92 Å². The van der Waals surface area contributed by atoms with Crippen LogP contribution in [-0.2, 0) is 20.8 Å². The van der Waals surface area contributed by atoms with E-state index in [2.05, 4.69) is 0 Å². The maximum atomic E-state index is 12.7. The van der Waals surface area contributed by atoms with Crippen LogP contribution in [0.15, 0.2) is 42.5 Å². The number of hydrogen-bond donors (Lipinski definition) is 0. The number of hydrogen-bond acceptors (Lipinski definition) is 6. The lowest BCUT2D eigenvalue weighted by Gasteiger charge is -2.27.